The Labute approximate surface area is 165 Å². The van der Waals surface area contributed by atoms with Gasteiger partial charge in [-0.1, -0.05) is 26.7 Å². The number of amides is 2. The van der Waals surface area contributed by atoms with E-state index in [1.165, 1.54) is 18.2 Å². The van der Waals surface area contributed by atoms with Crippen molar-refractivity contribution in [2.24, 2.45) is 11.1 Å². The maximum atomic E-state index is 12.8. The molecule has 1 fully saturated rings. The van der Waals surface area contributed by atoms with E-state index in [4.69, 9.17) is 16.9 Å². The van der Waals surface area contributed by atoms with Crippen molar-refractivity contribution in [3.8, 4) is 18.1 Å². The number of nitrogens with one attached hydrogen (secondary N) is 1. The lowest BCUT2D eigenvalue weighted by molar-refractivity contribution is -0.141. The monoisotopic (exact) mass is 388 g/mol. The van der Waals surface area contributed by atoms with Crippen LogP contribution in [0.4, 0.5) is 0 Å². The van der Waals surface area contributed by atoms with Crippen molar-refractivity contribution in [3.05, 3.63) is 23.5 Å². The van der Waals surface area contributed by atoms with Crippen LogP contribution < -0.4 is 15.8 Å². The molecule has 0 saturated carbocycles. The minimum Gasteiger partial charge on any atom is -0.495 e. The van der Waals surface area contributed by atoms with Crippen molar-refractivity contribution < 1.29 is 19.4 Å². The van der Waals surface area contributed by atoms with E-state index >= 15 is 0 Å². The first-order valence-corrected chi connectivity index (χ1v) is 9.09. The highest BCUT2D eigenvalue weighted by atomic mass is 16.5. The highest BCUT2D eigenvalue weighted by molar-refractivity contribution is 5.90. The van der Waals surface area contributed by atoms with Gasteiger partial charge in [-0.05, 0) is 11.5 Å². The van der Waals surface area contributed by atoms with Crippen molar-refractivity contribution in [2.45, 2.75) is 51.9 Å². The number of rotatable bonds is 5. The number of aromatic nitrogens is 1. The van der Waals surface area contributed by atoms with Crippen LogP contribution in [0.5, 0.6) is 5.75 Å². The Balaban J connectivity index is 2.10. The van der Waals surface area contributed by atoms with Gasteiger partial charge in [-0.2, -0.15) is 0 Å². The van der Waals surface area contributed by atoms with Gasteiger partial charge in [0.25, 0.3) is 0 Å². The average molecular weight is 388 g/mol. The Bertz CT molecular complexity index is 781. The Hall–Kier alpha value is -2.63. The highest BCUT2D eigenvalue weighted by Gasteiger charge is 2.42. The fourth-order valence-corrected chi connectivity index (χ4v) is 3.00. The zero-order chi connectivity index (χ0) is 21.1. The van der Waals surface area contributed by atoms with Gasteiger partial charge in [0.1, 0.15) is 17.5 Å². The first-order valence-electron chi connectivity index (χ1n) is 9.09. The summed E-state index contributed by atoms with van der Waals surface area (Å²) in [6.07, 6.45) is 6.26. The predicted octanol–water partition coefficient (Wildman–Crippen LogP) is 0.0229. The van der Waals surface area contributed by atoms with E-state index in [1.807, 2.05) is 20.8 Å². The van der Waals surface area contributed by atoms with Crippen molar-refractivity contribution >= 4 is 11.8 Å². The van der Waals surface area contributed by atoms with E-state index in [0.29, 0.717) is 17.0 Å². The summed E-state index contributed by atoms with van der Waals surface area (Å²) in [5.41, 5.74) is 6.69. The molecular formula is C20H28N4O4. The molecule has 1 aromatic rings. The van der Waals surface area contributed by atoms with Gasteiger partial charge >= 0.3 is 0 Å². The third-order valence-corrected chi connectivity index (χ3v) is 4.81. The van der Waals surface area contributed by atoms with Gasteiger partial charge in [0.05, 0.1) is 25.8 Å². The molecule has 4 N–H and O–H groups in total. The molecule has 152 valence electrons. The second kappa shape index (κ2) is 8.59. The number of aliphatic hydroxyl groups excluding tert-OH is 1. The summed E-state index contributed by atoms with van der Waals surface area (Å²) in [4.78, 5) is 31.1. The molecule has 0 radical (unpaired) electrons. The van der Waals surface area contributed by atoms with Gasteiger partial charge in [-0.15, -0.1) is 6.42 Å². The Morgan fingerprint density at radius 1 is 1.54 bits per heavy atom. The van der Waals surface area contributed by atoms with Gasteiger partial charge in [0.2, 0.25) is 11.8 Å². The third kappa shape index (κ3) is 4.80. The van der Waals surface area contributed by atoms with Crippen LogP contribution >= 0.6 is 0 Å². The zero-order valence-electron chi connectivity index (χ0n) is 16.7. The first-order chi connectivity index (χ1) is 13.1. The van der Waals surface area contributed by atoms with Crippen LogP contribution in [-0.4, -0.2) is 58.6 Å². The minimum atomic E-state index is -0.785. The molecule has 1 aliphatic rings. The van der Waals surface area contributed by atoms with E-state index in [9.17, 15) is 14.7 Å². The van der Waals surface area contributed by atoms with Crippen molar-refractivity contribution in [2.75, 3.05) is 13.7 Å². The Morgan fingerprint density at radius 2 is 2.21 bits per heavy atom. The number of terminal acetylenes is 1. The van der Waals surface area contributed by atoms with Gasteiger partial charge in [0.15, 0.2) is 0 Å². The molecule has 2 rings (SSSR count). The molecule has 0 bridgehead atoms. The van der Waals surface area contributed by atoms with Crippen LogP contribution in [0.3, 0.4) is 0 Å². The molecule has 28 heavy (non-hydrogen) atoms. The van der Waals surface area contributed by atoms with Crippen molar-refractivity contribution in [3.63, 3.8) is 0 Å². The Morgan fingerprint density at radius 3 is 2.79 bits per heavy atom. The lowest BCUT2D eigenvalue weighted by Crippen LogP contribution is -2.54. The lowest BCUT2D eigenvalue weighted by Gasteiger charge is -2.32. The summed E-state index contributed by atoms with van der Waals surface area (Å²) < 4.78 is 5.26. The van der Waals surface area contributed by atoms with E-state index < -0.39 is 23.6 Å². The standard InChI is InChI=1S/C20H28N4O4/c1-6-12-7-16(28-5)14(22-9-12)10-23-18(26)15-8-13(25)11-24(15)19(27)17(21)20(2,3)4/h1,7,9,13,15,17,25H,8,10-11,21H2,2-5H3,(H,23,26)/t13-,15+,17-/m1/s1. The number of nitrogens with two attached hydrogens (primary N) is 1. The molecule has 8 heteroatoms. The summed E-state index contributed by atoms with van der Waals surface area (Å²) in [7, 11) is 1.49. The molecule has 2 amide bonds. The number of carbonyl (C=O) groups is 2. The highest BCUT2D eigenvalue weighted by Crippen LogP contribution is 2.25. The summed E-state index contributed by atoms with van der Waals surface area (Å²) in [5.74, 6) is 2.21. The number of aliphatic hydroxyl groups is 1. The smallest absolute Gasteiger partial charge is 0.243 e. The average Bonchev–Trinajstić information content (AvgIpc) is 3.05. The fourth-order valence-electron chi connectivity index (χ4n) is 3.00. The van der Waals surface area contributed by atoms with E-state index in [0.717, 1.165) is 0 Å². The number of hydrogen-bond acceptors (Lipinski definition) is 6. The van der Waals surface area contributed by atoms with Crippen LogP contribution in [0.15, 0.2) is 12.3 Å². The molecule has 3 atom stereocenters. The van der Waals surface area contributed by atoms with Crippen LogP contribution in [0.25, 0.3) is 0 Å². The summed E-state index contributed by atoms with van der Waals surface area (Å²) >= 11 is 0. The number of β-amino-alcohol motifs (C(OH)–C–C–N with tert-alkyl or cyclic N) is 1. The SMILES string of the molecule is C#Cc1cnc(CNC(=O)[C@@H]2C[C@@H](O)CN2C(=O)[C@@H](N)C(C)(C)C)c(OC)c1. The normalized spacial score (nSPS) is 20.4. The van der Waals surface area contributed by atoms with E-state index in [1.54, 1.807) is 6.07 Å². The summed E-state index contributed by atoms with van der Waals surface area (Å²) in [6.45, 7) is 5.75. The molecule has 1 saturated heterocycles. The second-order valence-corrected chi connectivity index (χ2v) is 7.97. The summed E-state index contributed by atoms with van der Waals surface area (Å²) in [6, 6.07) is 0.101. The van der Waals surface area contributed by atoms with Crippen LogP contribution in [0.2, 0.25) is 0 Å². The number of nitrogens with zero attached hydrogens (tertiary/aromatic N) is 2. The Kier molecular flexibility index (Phi) is 6.65. The fraction of sp³-hybridized carbons (Fsp3) is 0.550. The molecule has 8 nitrogen and oxygen atoms in total. The van der Waals surface area contributed by atoms with Crippen LogP contribution in [-0.2, 0) is 16.1 Å². The maximum Gasteiger partial charge on any atom is 0.243 e. The second-order valence-electron chi connectivity index (χ2n) is 7.97. The third-order valence-electron chi connectivity index (χ3n) is 4.81. The number of methoxy groups -OCH3 is 1. The molecule has 1 aliphatic heterocycles. The molecule has 2 heterocycles. The number of carbonyl (C=O) groups excluding carboxylic acids is 2. The van der Waals surface area contributed by atoms with Gasteiger partial charge in [-0.3, -0.25) is 14.6 Å². The number of hydrogen-bond donors (Lipinski definition) is 3. The minimum absolute atomic E-state index is 0.0825. The van der Waals surface area contributed by atoms with Crippen molar-refractivity contribution in [1.29, 1.82) is 0 Å². The number of likely N-dealkylation sites (tertiary alicyclic amines) is 1. The molecule has 1 aromatic heterocycles. The first kappa shape index (κ1) is 21.7. The van der Waals surface area contributed by atoms with Gasteiger partial charge in [-0.25, -0.2) is 0 Å². The molecule has 0 aliphatic carbocycles. The molecule has 0 spiro atoms. The topological polar surface area (TPSA) is 118 Å². The van der Waals surface area contributed by atoms with Crippen molar-refractivity contribution in [1.82, 2.24) is 15.2 Å². The van der Waals surface area contributed by atoms with Crippen LogP contribution in [0.1, 0.15) is 38.4 Å². The quantitative estimate of drug-likeness (QED) is 0.612. The molecule has 0 unspecified atom stereocenters. The number of ether oxygens (including phenoxy) is 1. The molecule has 0 aromatic carbocycles. The number of pyridine rings is 1. The summed E-state index contributed by atoms with van der Waals surface area (Å²) in [5, 5.41) is 12.8. The lowest BCUT2D eigenvalue weighted by atomic mass is 9.86. The van der Waals surface area contributed by atoms with Crippen LogP contribution in [0, 0.1) is 17.8 Å². The van der Waals surface area contributed by atoms with Gasteiger partial charge in [0, 0.05) is 24.7 Å². The maximum absolute atomic E-state index is 12.8. The van der Waals surface area contributed by atoms with E-state index in [2.05, 4.69) is 16.2 Å². The largest absolute Gasteiger partial charge is 0.495 e. The molecular weight excluding hydrogens is 360 g/mol. The van der Waals surface area contributed by atoms with Gasteiger partial charge < -0.3 is 25.8 Å². The van der Waals surface area contributed by atoms with E-state index in [-0.39, 0.29) is 31.3 Å². The zero-order valence-corrected chi connectivity index (χ0v) is 16.7. The predicted molar refractivity (Wildman–Crippen MR) is 104 cm³/mol.